The summed E-state index contributed by atoms with van der Waals surface area (Å²) in [4.78, 5) is 21.4. The van der Waals surface area contributed by atoms with Gasteiger partial charge in [0.15, 0.2) is 0 Å². The summed E-state index contributed by atoms with van der Waals surface area (Å²) < 4.78 is 0. The molecule has 3 N–H and O–H groups in total. The van der Waals surface area contributed by atoms with Crippen molar-refractivity contribution in [1.29, 1.82) is 0 Å². The highest BCUT2D eigenvalue weighted by Crippen LogP contribution is 2.14. The Labute approximate surface area is 97.7 Å². The lowest BCUT2D eigenvalue weighted by atomic mass is 10.3. The van der Waals surface area contributed by atoms with Crippen molar-refractivity contribution in [2.24, 2.45) is 0 Å². The number of aromatic nitrogens is 4. The van der Waals surface area contributed by atoms with Crippen LogP contribution in [-0.2, 0) is 0 Å². The highest BCUT2D eigenvalue weighted by molar-refractivity contribution is 6.03. The Hall–Kier alpha value is -2.44. The van der Waals surface area contributed by atoms with Crippen molar-refractivity contribution < 1.29 is 4.79 Å². The molecule has 0 saturated heterocycles. The number of nitrogen functional groups attached to an aromatic ring is 1. The monoisotopic (exact) mass is 232 g/mol. The Morgan fingerprint density at radius 3 is 2.71 bits per heavy atom. The number of nitrogens with two attached hydrogens (primary N) is 1. The minimum absolute atomic E-state index is 0.0548. The van der Waals surface area contributed by atoms with Gasteiger partial charge in [-0.05, 0) is 19.1 Å². The molecule has 17 heavy (non-hydrogen) atoms. The van der Waals surface area contributed by atoms with Crippen LogP contribution >= 0.6 is 0 Å². The van der Waals surface area contributed by atoms with Crippen LogP contribution in [0.25, 0.3) is 0 Å². The molecule has 1 amide bonds. The standard InChI is InChI=1S/C10H12N6O/c1-2-16(7-3-5-12-6-4-7)9(17)8-13-10(11)15-14-8/h3-6H,2H2,1H3,(H3,11,13,14,15). The van der Waals surface area contributed by atoms with Gasteiger partial charge in [0.1, 0.15) is 0 Å². The molecule has 0 radical (unpaired) electrons. The number of nitrogens with one attached hydrogen (secondary N) is 1. The largest absolute Gasteiger partial charge is 0.366 e. The maximum Gasteiger partial charge on any atom is 0.295 e. The van der Waals surface area contributed by atoms with E-state index in [2.05, 4.69) is 20.2 Å². The molecule has 0 unspecified atom stereocenters. The minimum atomic E-state index is -0.275. The number of carbonyl (C=O) groups is 1. The molecule has 2 heterocycles. The normalized spacial score (nSPS) is 10.2. The number of aromatic amines is 1. The van der Waals surface area contributed by atoms with E-state index in [1.54, 1.807) is 29.4 Å². The van der Waals surface area contributed by atoms with Gasteiger partial charge in [-0.3, -0.25) is 14.9 Å². The SMILES string of the molecule is CCN(C(=O)c1nc(N)n[nH]1)c1ccncc1. The maximum atomic E-state index is 12.1. The van der Waals surface area contributed by atoms with Crippen molar-refractivity contribution in [3.05, 3.63) is 30.4 Å². The number of rotatable bonds is 3. The van der Waals surface area contributed by atoms with E-state index in [0.29, 0.717) is 6.54 Å². The molecule has 0 fully saturated rings. The number of amides is 1. The number of carbonyl (C=O) groups excluding carboxylic acids is 1. The van der Waals surface area contributed by atoms with E-state index in [4.69, 9.17) is 5.73 Å². The lowest BCUT2D eigenvalue weighted by molar-refractivity contribution is 0.0979. The highest BCUT2D eigenvalue weighted by Gasteiger charge is 2.19. The third-order valence-electron chi connectivity index (χ3n) is 2.24. The summed E-state index contributed by atoms with van der Waals surface area (Å²) in [6, 6.07) is 3.50. The van der Waals surface area contributed by atoms with E-state index >= 15 is 0 Å². The number of H-pyrrole nitrogens is 1. The zero-order chi connectivity index (χ0) is 12.3. The Morgan fingerprint density at radius 1 is 1.47 bits per heavy atom. The number of hydrogen-bond donors (Lipinski definition) is 2. The molecular weight excluding hydrogens is 220 g/mol. The molecule has 2 rings (SSSR count). The quantitative estimate of drug-likeness (QED) is 0.800. The van der Waals surface area contributed by atoms with Gasteiger partial charge in [0, 0.05) is 24.6 Å². The molecule has 0 aromatic carbocycles. The topological polar surface area (TPSA) is 101 Å². The molecule has 0 saturated carbocycles. The zero-order valence-corrected chi connectivity index (χ0v) is 9.29. The second-order valence-corrected chi connectivity index (χ2v) is 3.30. The van der Waals surface area contributed by atoms with Crippen molar-refractivity contribution in [3.8, 4) is 0 Å². The van der Waals surface area contributed by atoms with E-state index in [1.807, 2.05) is 6.92 Å². The van der Waals surface area contributed by atoms with Gasteiger partial charge in [-0.2, -0.15) is 4.98 Å². The van der Waals surface area contributed by atoms with Crippen LogP contribution in [0.4, 0.5) is 11.6 Å². The summed E-state index contributed by atoms with van der Waals surface area (Å²) in [6.07, 6.45) is 3.25. The Kier molecular flexibility index (Phi) is 2.99. The van der Waals surface area contributed by atoms with Crippen molar-refractivity contribution >= 4 is 17.5 Å². The first-order chi connectivity index (χ1) is 8.22. The molecule has 0 aliphatic heterocycles. The van der Waals surface area contributed by atoms with Gasteiger partial charge in [-0.1, -0.05) is 0 Å². The Bertz CT molecular complexity index is 509. The van der Waals surface area contributed by atoms with Crippen LogP contribution in [0, 0.1) is 0 Å². The fraction of sp³-hybridized carbons (Fsp3) is 0.200. The average molecular weight is 232 g/mol. The maximum absolute atomic E-state index is 12.1. The minimum Gasteiger partial charge on any atom is -0.366 e. The van der Waals surface area contributed by atoms with Gasteiger partial charge < -0.3 is 10.6 Å². The fourth-order valence-corrected chi connectivity index (χ4v) is 1.47. The molecule has 0 bridgehead atoms. The predicted molar refractivity (Wildman–Crippen MR) is 62.4 cm³/mol. The van der Waals surface area contributed by atoms with E-state index in [-0.39, 0.29) is 17.7 Å². The van der Waals surface area contributed by atoms with Crippen LogP contribution in [0.2, 0.25) is 0 Å². The number of hydrogen-bond acceptors (Lipinski definition) is 5. The van der Waals surface area contributed by atoms with E-state index < -0.39 is 0 Å². The lowest BCUT2D eigenvalue weighted by Crippen LogP contribution is -2.31. The van der Waals surface area contributed by atoms with Crippen LogP contribution in [0.15, 0.2) is 24.5 Å². The average Bonchev–Trinajstić information content (AvgIpc) is 2.78. The second-order valence-electron chi connectivity index (χ2n) is 3.30. The summed E-state index contributed by atoms with van der Waals surface area (Å²) in [5.74, 6) is -0.0943. The summed E-state index contributed by atoms with van der Waals surface area (Å²) in [5.41, 5.74) is 6.11. The molecular formula is C10H12N6O. The van der Waals surface area contributed by atoms with Crippen molar-refractivity contribution in [3.63, 3.8) is 0 Å². The smallest absolute Gasteiger partial charge is 0.295 e. The third-order valence-corrected chi connectivity index (χ3v) is 2.24. The number of pyridine rings is 1. The van der Waals surface area contributed by atoms with Gasteiger partial charge >= 0.3 is 0 Å². The Balaban J connectivity index is 2.28. The fourth-order valence-electron chi connectivity index (χ4n) is 1.47. The van der Waals surface area contributed by atoms with Gasteiger partial charge in [-0.15, -0.1) is 5.10 Å². The third kappa shape index (κ3) is 2.22. The molecule has 7 nitrogen and oxygen atoms in total. The molecule has 0 atom stereocenters. The van der Waals surface area contributed by atoms with Gasteiger partial charge in [0.25, 0.3) is 5.91 Å². The number of anilines is 2. The van der Waals surface area contributed by atoms with Crippen molar-refractivity contribution in [2.75, 3.05) is 17.2 Å². The summed E-state index contributed by atoms with van der Waals surface area (Å²) >= 11 is 0. The van der Waals surface area contributed by atoms with Gasteiger partial charge in [0.2, 0.25) is 11.8 Å². The first kappa shape index (κ1) is 11.1. The van der Waals surface area contributed by atoms with Crippen LogP contribution in [0.1, 0.15) is 17.5 Å². The van der Waals surface area contributed by atoms with Crippen LogP contribution in [0.5, 0.6) is 0 Å². The van der Waals surface area contributed by atoms with E-state index in [9.17, 15) is 4.79 Å². The predicted octanol–water partition coefficient (Wildman–Crippen LogP) is 0.449. The highest BCUT2D eigenvalue weighted by atomic mass is 16.2. The summed E-state index contributed by atoms with van der Waals surface area (Å²) in [6.45, 7) is 2.39. The zero-order valence-electron chi connectivity index (χ0n) is 9.29. The first-order valence-corrected chi connectivity index (χ1v) is 5.12. The van der Waals surface area contributed by atoms with Crippen molar-refractivity contribution in [1.82, 2.24) is 20.2 Å². The summed E-state index contributed by atoms with van der Waals surface area (Å²) in [5, 5.41) is 6.13. The first-order valence-electron chi connectivity index (χ1n) is 5.12. The molecule has 7 heteroatoms. The van der Waals surface area contributed by atoms with E-state index in [0.717, 1.165) is 5.69 Å². The van der Waals surface area contributed by atoms with E-state index in [1.165, 1.54) is 0 Å². The van der Waals surface area contributed by atoms with Crippen LogP contribution < -0.4 is 10.6 Å². The summed E-state index contributed by atoms with van der Waals surface area (Å²) in [7, 11) is 0. The second kappa shape index (κ2) is 4.60. The van der Waals surface area contributed by atoms with Gasteiger partial charge in [-0.25, -0.2) is 0 Å². The lowest BCUT2D eigenvalue weighted by Gasteiger charge is -2.18. The molecule has 0 aliphatic rings. The van der Waals surface area contributed by atoms with Crippen LogP contribution in [-0.4, -0.2) is 32.6 Å². The number of nitrogens with zero attached hydrogens (tertiary/aromatic N) is 4. The Morgan fingerprint density at radius 2 is 2.18 bits per heavy atom. The molecule has 2 aromatic rings. The van der Waals surface area contributed by atoms with Crippen LogP contribution in [0.3, 0.4) is 0 Å². The molecule has 0 spiro atoms. The van der Waals surface area contributed by atoms with Gasteiger partial charge in [0.05, 0.1) is 0 Å². The molecule has 88 valence electrons. The van der Waals surface area contributed by atoms with Crippen molar-refractivity contribution in [2.45, 2.75) is 6.92 Å². The molecule has 2 aromatic heterocycles. The molecule has 0 aliphatic carbocycles.